The Balaban J connectivity index is 1.67. The fourth-order valence-corrected chi connectivity index (χ4v) is 4.28. The highest BCUT2D eigenvalue weighted by Crippen LogP contribution is 2.27. The third-order valence-corrected chi connectivity index (χ3v) is 5.30. The van der Waals surface area contributed by atoms with Crippen LogP contribution >= 0.6 is 0 Å². The number of carbonyl (C=O) groups is 1. The van der Waals surface area contributed by atoms with Gasteiger partial charge in [0.15, 0.2) is 0 Å². The number of nitrogens with one attached hydrogen (secondary N) is 2. The molecular weight excluding hydrogens is 304 g/mol. The van der Waals surface area contributed by atoms with E-state index in [0.29, 0.717) is 17.6 Å². The first-order chi connectivity index (χ1) is 11.5. The van der Waals surface area contributed by atoms with Gasteiger partial charge < -0.3 is 10.6 Å². The summed E-state index contributed by atoms with van der Waals surface area (Å²) in [7, 11) is 0. The molecule has 0 aliphatic carbocycles. The average Bonchev–Trinajstić information content (AvgIpc) is 3.03. The third kappa shape index (κ3) is 2.45. The molecular formula is C18H24N4O2. The van der Waals surface area contributed by atoms with Crippen LogP contribution in [-0.4, -0.2) is 33.3 Å². The molecule has 2 atom stereocenters. The van der Waals surface area contributed by atoms with Crippen LogP contribution in [0.1, 0.15) is 45.6 Å². The Morgan fingerprint density at radius 2 is 1.79 bits per heavy atom. The van der Waals surface area contributed by atoms with Crippen LogP contribution < -0.4 is 16.3 Å². The Morgan fingerprint density at radius 1 is 1.17 bits per heavy atom. The van der Waals surface area contributed by atoms with Crippen molar-refractivity contribution in [3.63, 3.8) is 0 Å². The number of para-hydroxylation sites is 2. The summed E-state index contributed by atoms with van der Waals surface area (Å²) in [5.41, 5.74) is 1.21. The van der Waals surface area contributed by atoms with E-state index in [-0.39, 0.29) is 23.8 Å². The zero-order valence-electron chi connectivity index (χ0n) is 14.2. The molecule has 24 heavy (non-hydrogen) atoms. The molecule has 1 amide bonds. The summed E-state index contributed by atoms with van der Waals surface area (Å²) in [5, 5.41) is 6.66. The third-order valence-electron chi connectivity index (χ3n) is 5.30. The fourth-order valence-electron chi connectivity index (χ4n) is 4.28. The molecule has 2 fully saturated rings. The van der Waals surface area contributed by atoms with Crippen molar-refractivity contribution in [2.75, 3.05) is 0 Å². The lowest BCUT2D eigenvalue weighted by atomic mass is 10.0. The minimum atomic E-state index is -0.304. The second kappa shape index (κ2) is 5.77. The van der Waals surface area contributed by atoms with Crippen LogP contribution in [0.2, 0.25) is 0 Å². The lowest BCUT2D eigenvalue weighted by Gasteiger charge is -2.29. The molecule has 1 aromatic heterocycles. The summed E-state index contributed by atoms with van der Waals surface area (Å²) in [6.45, 7) is 3.92. The maximum Gasteiger partial charge on any atom is 0.337 e. The Bertz CT molecular complexity index is 823. The highest BCUT2D eigenvalue weighted by atomic mass is 16.2. The summed E-state index contributed by atoms with van der Waals surface area (Å²) in [5.74, 6) is 0. The van der Waals surface area contributed by atoms with Gasteiger partial charge in [0.2, 0.25) is 0 Å². The van der Waals surface area contributed by atoms with Gasteiger partial charge in [-0.15, -0.1) is 0 Å². The predicted octanol–water partition coefficient (Wildman–Crippen LogP) is 2.22. The second-order valence-electron chi connectivity index (χ2n) is 7.33. The van der Waals surface area contributed by atoms with Crippen LogP contribution in [0.3, 0.4) is 0 Å². The molecule has 6 nitrogen and oxygen atoms in total. The van der Waals surface area contributed by atoms with Gasteiger partial charge in [-0.05, 0) is 51.7 Å². The summed E-state index contributed by atoms with van der Waals surface area (Å²) < 4.78 is 2.97. The van der Waals surface area contributed by atoms with Crippen molar-refractivity contribution < 1.29 is 4.79 Å². The second-order valence-corrected chi connectivity index (χ2v) is 7.33. The first kappa shape index (κ1) is 15.4. The molecule has 6 heteroatoms. The molecule has 0 radical (unpaired) electrons. The standard InChI is InChI=1S/C18H24N4O2/c1-11(2)21-15-5-3-4-6-16(15)22(18(21)24)17(23)20-14-9-12-7-8-13(10-14)19-12/h3-6,11-14,19H,7-10H2,1-2H3,(H,20,23). The highest BCUT2D eigenvalue weighted by molar-refractivity contribution is 5.89. The zero-order valence-corrected chi connectivity index (χ0v) is 14.2. The molecule has 2 aromatic rings. The summed E-state index contributed by atoms with van der Waals surface area (Å²) >= 11 is 0. The van der Waals surface area contributed by atoms with E-state index in [1.165, 1.54) is 17.4 Å². The number of piperidine rings is 1. The SMILES string of the molecule is CC(C)n1c(=O)n(C(=O)NC2CC3CCC(C2)N3)c2ccccc21. The first-order valence-electron chi connectivity index (χ1n) is 8.83. The van der Waals surface area contributed by atoms with Crippen molar-refractivity contribution in [1.82, 2.24) is 19.8 Å². The van der Waals surface area contributed by atoms with E-state index in [9.17, 15) is 9.59 Å². The number of carbonyl (C=O) groups excluding carboxylic acids is 1. The van der Waals surface area contributed by atoms with Crippen molar-refractivity contribution in [3.8, 4) is 0 Å². The quantitative estimate of drug-likeness (QED) is 0.888. The minimum Gasteiger partial charge on any atom is -0.334 e. The fraction of sp³-hybridized carbons (Fsp3) is 0.556. The van der Waals surface area contributed by atoms with E-state index in [1.807, 2.05) is 38.1 Å². The van der Waals surface area contributed by atoms with Crippen molar-refractivity contribution in [3.05, 3.63) is 34.7 Å². The number of benzene rings is 1. The Kier molecular flexibility index (Phi) is 3.72. The van der Waals surface area contributed by atoms with Gasteiger partial charge in [-0.1, -0.05) is 12.1 Å². The highest BCUT2D eigenvalue weighted by Gasteiger charge is 2.34. The van der Waals surface area contributed by atoms with E-state index in [0.717, 1.165) is 18.4 Å². The summed E-state index contributed by atoms with van der Waals surface area (Å²) in [6, 6.07) is 8.34. The van der Waals surface area contributed by atoms with Gasteiger partial charge in [0, 0.05) is 24.2 Å². The Hall–Kier alpha value is -2.08. The van der Waals surface area contributed by atoms with Crippen LogP contribution in [0.25, 0.3) is 11.0 Å². The van der Waals surface area contributed by atoms with Gasteiger partial charge in [-0.25, -0.2) is 14.2 Å². The molecule has 0 saturated carbocycles. The molecule has 2 aliphatic rings. The minimum absolute atomic E-state index is 0.00572. The van der Waals surface area contributed by atoms with E-state index in [2.05, 4.69) is 10.6 Å². The number of hydrogen-bond donors (Lipinski definition) is 2. The molecule has 1 aromatic carbocycles. The topological polar surface area (TPSA) is 68.1 Å². The Labute approximate surface area is 140 Å². The molecule has 2 bridgehead atoms. The molecule has 4 rings (SSSR count). The monoisotopic (exact) mass is 328 g/mol. The maximum absolute atomic E-state index is 12.8. The smallest absolute Gasteiger partial charge is 0.334 e. The number of amides is 1. The normalized spacial score (nSPS) is 26.2. The molecule has 2 unspecified atom stereocenters. The van der Waals surface area contributed by atoms with Gasteiger partial charge in [0.05, 0.1) is 11.0 Å². The number of imidazole rings is 1. The molecule has 0 spiro atoms. The predicted molar refractivity (Wildman–Crippen MR) is 93.5 cm³/mol. The number of nitrogens with zero attached hydrogens (tertiary/aromatic N) is 2. The summed E-state index contributed by atoms with van der Waals surface area (Å²) in [6.07, 6.45) is 4.26. The molecule has 2 saturated heterocycles. The lowest BCUT2D eigenvalue weighted by molar-refractivity contribution is 0.230. The molecule has 128 valence electrons. The van der Waals surface area contributed by atoms with E-state index < -0.39 is 0 Å². The van der Waals surface area contributed by atoms with E-state index in [1.54, 1.807) is 4.57 Å². The van der Waals surface area contributed by atoms with E-state index in [4.69, 9.17) is 0 Å². The number of fused-ring (bicyclic) bond motifs is 3. The van der Waals surface area contributed by atoms with Crippen molar-refractivity contribution in [2.24, 2.45) is 0 Å². The Morgan fingerprint density at radius 3 is 2.42 bits per heavy atom. The summed E-state index contributed by atoms with van der Waals surface area (Å²) in [4.78, 5) is 25.6. The van der Waals surface area contributed by atoms with Gasteiger partial charge >= 0.3 is 11.7 Å². The van der Waals surface area contributed by atoms with Gasteiger partial charge in [0.25, 0.3) is 0 Å². The lowest BCUT2D eigenvalue weighted by Crippen LogP contribution is -2.50. The average molecular weight is 328 g/mol. The zero-order chi connectivity index (χ0) is 16.8. The maximum atomic E-state index is 12.8. The van der Waals surface area contributed by atoms with Crippen molar-refractivity contribution >= 4 is 17.1 Å². The molecule has 2 aliphatic heterocycles. The van der Waals surface area contributed by atoms with Crippen LogP contribution in [-0.2, 0) is 0 Å². The van der Waals surface area contributed by atoms with Crippen molar-refractivity contribution in [2.45, 2.75) is 63.7 Å². The number of rotatable bonds is 2. The van der Waals surface area contributed by atoms with Crippen molar-refractivity contribution in [1.29, 1.82) is 0 Å². The molecule has 3 heterocycles. The van der Waals surface area contributed by atoms with E-state index >= 15 is 0 Å². The van der Waals surface area contributed by atoms with Crippen LogP contribution in [0.15, 0.2) is 29.1 Å². The van der Waals surface area contributed by atoms with Gasteiger partial charge in [-0.3, -0.25) is 4.57 Å². The number of aromatic nitrogens is 2. The van der Waals surface area contributed by atoms with Gasteiger partial charge in [-0.2, -0.15) is 0 Å². The first-order valence-corrected chi connectivity index (χ1v) is 8.83. The molecule has 2 N–H and O–H groups in total. The largest absolute Gasteiger partial charge is 0.337 e. The number of hydrogen-bond acceptors (Lipinski definition) is 3. The van der Waals surface area contributed by atoms with Crippen LogP contribution in [0.4, 0.5) is 4.79 Å². The van der Waals surface area contributed by atoms with Crippen LogP contribution in [0.5, 0.6) is 0 Å². The van der Waals surface area contributed by atoms with Crippen LogP contribution in [0, 0.1) is 0 Å². The van der Waals surface area contributed by atoms with Gasteiger partial charge in [0.1, 0.15) is 0 Å².